The molecule has 21 heavy (non-hydrogen) atoms. The van der Waals surface area contributed by atoms with Crippen LogP contribution in [0.15, 0.2) is 24.3 Å². The number of aromatic nitrogens is 1. The molecule has 0 atom stereocenters. The van der Waals surface area contributed by atoms with Crippen LogP contribution in [0.2, 0.25) is 0 Å². The van der Waals surface area contributed by atoms with E-state index in [2.05, 4.69) is 36.2 Å². The number of H-pyrrole nitrogens is 1. The van der Waals surface area contributed by atoms with Gasteiger partial charge in [-0.05, 0) is 43.2 Å². The lowest BCUT2D eigenvalue weighted by molar-refractivity contribution is 0.436. The number of hydrogen-bond donors (Lipinski definition) is 1. The SMILES string of the molecule is CCCCCCc1c(C2CCCCC2)[nH]c2ccccc12. The maximum Gasteiger partial charge on any atom is 0.0459 e. The molecule has 1 aliphatic rings. The summed E-state index contributed by atoms with van der Waals surface area (Å²) in [6, 6.07) is 8.91. The third-order valence-electron chi connectivity index (χ3n) is 5.14. The van der Waals surface area contributed by atoms with Gasteiger partial charge in [0.25, 0.3) is 0 Å². The van der Waals surface area contributed by atoms with Gasteiger partial charge in [0.1, 0.15) is 0 Å². The molecule has 3 rings (SSSR count). The minimum Gasteiger partial charge on any atom is -0.358 e. The number of para-hydroxylation sites is 1. The molecule has 114 valence electrons. The minimum absolute atomic E-state index is 0.785. The smallest absolute Gasteiger partial charge is 0.0459 e. The third kappa shape index (κ3) is 3.33. The molecule has 1 heterocycles. The predicted octanol–water partition coefficient (Wildman–Crippen LogP) is 6.34. The van der Waals surface area contributed by atoms with Gasteiger partial charge < -0.3 is 4.98 Å². The van der Waals surface area contributed by atoms with Crippen LogP contribution in [0.4, 0.5) is 0 Å². The normalized spacial score (nSPS) is 16.6. The standard InChI is InChI=1S/C20H29N/c1-2-3-4-8-14-18-17-13-9-10-15-19(17)21-20(18)16-11-6-5-7-12-16/h9-10,13,15-16,21H,2-8,11-12,14H2,1H3. The monoisotopic (exact) mass is 283 g/mol. The molecule has 0 unspecified atom stereocenters. The minimum atomic E-state index is 0.785. The van der Waals surface area contributed by atoms with E-state index in [0.29, 0.717) is 0 Å². The van der Waals surface area contributed by atoms with E-state index in [1.54, 1.807) is 11.3 Å². The summed E-state index contributed by atoms with van der Waals surface area (Å²) in [7, 11) is 0. The molecule has 1 N–H and O–H groups in total. The molecule has 1 heteroatoms. The van der Waals surface area contributed by atoms with Crippen LogP contribution in [0.3, 0.4) is 0 Å². The van der Waals surface area contributed by atoms with Crippen molar-refractivity contribution in [3.63, 3.8) is 0 Å². The topological polar surface area (TPSA) is 15.8 Å². The summed E-state index contributed by atoms with van der Waals surface area (Å²) in [4.78, 5) is 3.77. The average molecular weight is 283 g/mol. The van der Waals surface area contributed by atoms with Crippen LogP contribution in [-0.4, -0.2) is 4.98 Å². The van der Waals surface area contributed by atoms with Gasteiger partial charge in [-0.15, -0.1) is 0 Å². The summed E-state index contributed by atoms with van der Waals surface area (Å²) in [5, 5.41) is 1.48. The van der Waals surface area contributed by atoms with Crippen molar-refractivity contribution >= 4 is 10.9 Å². The zero-order valence-electron chi connectivity index (χ0n) is 13.5. The number of rotatable bonds is 6. The van der Waals surface area contributed by atoms with Crippen LogP contribution >= 0.6 is 0 Å². The summed E-state index contributed by atoms with van der Waals surface area (Å²) in [6.07, 6.45) is 13.7. The molecule has 1 saturated carbocycles. The largest absolute Gasteiger partial charge is 0.358 e. The highest BCUT2D eigenvalue weighted by atomic mass is 14.7. The number of aromatic amines is 1. The van der Waals surface area contributed by atoms with Crippen molar-refractivity contribution in [2.45, 2.75) is 77.0 Å². The van der Waals surface area contributed by atoms with Gasteiger partial charge in [0.2, 0.25) is 0 Å². The number of fused-ring (bicyclic) bond motifs is 1. The highest BCUT2D eigenvalue weighted by Gasteiger charge is 2.21. The summed E-state index contributed by atoms with van der Waals surface area (Å²) in [5.41, 5.74) is 4.56. The predicted molar refractivity (Wildman–Crippen MR) is 92.0 cm³/mol. The third-order valence-corrected chi connectivity index (χ3v) is 5.14. The van der Waals surface area contributed by atoms with E-state index in [1.807, 2.05) is 0 Å². The molecule has 1 aromatic carbocycles. The van der Waals surface area contributed by atoms with Crippen molar-refractivity contribution in [1.29, 1.82) is 0 Å². The van der Waals surface area contributed by atoms with Crippen molar-refractivity contribution in [3.8, 4) is 0 Å². The first-order valence-corrected chi connectivity index (χ1v) is 8.99. The van der Waals surface area contributed by atoms with Crippen molar-refractivity contribution in [3.05, 3.63) is 35.5 Å². The van der Waals surface area contributed by atoms with Crippen LogP contribution in [0.25, 0.3) is 10.9 Å². The Kier molecular flexibility index (Phi) is 5.00. The Bertz CT molecular complexity index is 560. The number of benzene rings is 1. The van der Waals surface area contributed by atoms with E-state index in [-0.39, 0.29) is 0 Å². The van der Waals surface area contributed by atoms with Gasteiger partial charge in [-0.1, -0.05) is 63.6 Å². The Hall–Kier alpha value is -1.24. The molecule has 1 aliphatic carbocycles. The Morgan fingerprint density at radius 3 is 2.62 bits per heavy atom. The quantitative estimate of drug-likeness (QED) is 0.595. The van der Waals surface area contributed by atoms with Crippen molar-refractivity contribution < 1.29 is 0 Å². The van der Waals surface area contributed by atoms with Gasteiger partial charge in [-0.2, -0.15) is 0 Å². The highest BCUT2D eigenvalue weighted by Crippen LogP contribution is 2.37. The van der Waals surface area contributed by atoms with Crippen molar-refractivity contribution in [2.24, 2.45) is 0 Å². The van der Waals surface area contributed by atoms with E-state index in [4.69, 9.17) is 0 Å². The van der Waals surface area contributed by atoms with Crippen LogP contribution < -0.4 is 0 Å². The lowest BCUT2D eigenvalue weighted by Crippen LogP contribution is -2.07. The molecule has 0 aliphatic heterocycles. The lowest BCUT2D eigenvalue weighted by Gasteiger charge is -2.22. The zero-order chi connectivity index (χ0) is 14.5. The number of hydrogen-bond acceptors (Lipinski definition) is 0. The summed E-state index contributed by atoms with van der Waals surface area (Å²) >= 11 is 0. The molecule has 1 aromatic heterocycles. The molecular formula is C20H29N. The number of aryl methyl sites for hydroxylation is 1. The molecule has 1 nitrogen and oxygen atoms in total. The lowest BCUT2D eigenvalue weighted by atomic mass is 9.84. The molecule has 0 radical (unpaired) electrons. The maximum absolute atomic E-state index is 3.77. The van der Waals surface area contributed by atoms with E-state index in [1.165, 1.54) is 75.1 Å². The molecule has 0 amide bonds. The van der Waals surface area contributed by atoms with Crippen LogP contribution in [0, 0.1) is 0 Å². The van der Waals surface area contributed by atoms with Crippen LogP contribution in [0.5, 0.6) is 0 Å². The van der Waals surface area contributed by atoms with Crippen molar-refractivity contribution in [1.82, 2.24) is 4.98 Å². The molecule has 0 bridgehead atoms. The fourth-order valence-electron chi connectivity index (χ4n) is 3.96. The fourth-order valence-corrected chi connectivity index (χ4v) is 3.96. The van der Waals surface area contributed by atoms with Gasteiger partial charge in [0, 0.05) is 16.6 Å². The Labute approximate surface area is 129 Å². The second-order valence-electron chi connectivity index (χ2n) is 6.71. The summed E-state index contributed by atoms with van der Waals surface area (Å²) < 4.78 is 0. The average Bonchev–Trinajstić information content (AvgIpc) is 2.91. The molecular weight excluding hydrogens is 254 g/mol. The Balaban J connectivity index is 1.86. The Morgan fingerprint density at radius 1 is 1.00 bits per heavy atom. The zero-order valence-corrected chi connectivity index (χ0v) is 13.5. The second-order valence-corrected chi connectivity index (χ2v) is 6.71. The van der Waals surface area contributed by atoms with Gasteiger partial charge in [0.15, 0.2) is 0 Å². The van der Waals surface area contributed by atoms with Gasteiger partial charge in [-0.3, -0.25) is 0 Å². The van der Waals surface area contributed by atoms with E-state index >= 15 is 0 Å². The van der Waals surface area contributed by atoms with Gasteiger partial charge in [0.05, 0.1) is 0 Å². The first-order valence-electron chi connectivity index (χ1n) is 8.99. The maximum atomic E-state index is 3.77. The second kappa shape index (κ2) is 7.15. The van der Waals surface area contributed by atoms with E-state index in [0.717, 1.165) is 5.92 Å². The first-order chi connectivity index (χ1) is 10.4. The number of nitrogens with one attached hydrogen (secondary N) is 1. The van der Waals surface area contributed by atoms with E-state index < -0.39 is 0 Å². The highest BCUT2D eigenvalue weighted by molar-refractivity contribution is 5.84. The van der Waals surface area contributed by atoms with Gasteiger partial charge in [-0.25, -0.2) is 0 Å². The van der Waals surface area contributed by atoms with Crippen molar-refractivity contribution in [2.75, 3.05) is 0 Å². The molecule has 0 saturated heterocycles. The van der Waals surface area contributed by atoms with Crippen LogP contribution in [-0.2, 0) is 6.42 Å². The van der Waals surface area contributed by atoms with Crippen LogP contribution in [0.1, 0.15) is 81.9 Å². The van der Waals surface area contributed by atoms with E-state index in [9.17, 15) is 0 Å². The first kappa shape index (κ1) is 14.7. The van der Waals surface area contributed by atoms with Gasteiger partial charge >= 0.3 is 0 Å². The summed E-state index contributed by atoms with van der Waals surface area (Å²) in [6.45, 7) is 2.29. The molecule has 0 spiro atoms. The summed E-state index contributed by atoms with van der Waals surface area (Å²) in [5.74, 6) is 0.785. The Morgan fingerprint density at radius 2 is 1.81 bits per heavy atom. The fraction of sp³-hybridized carbons (Fsp3) is 0.600. The number of unbranched alkanes of at least 4 members (excludes halogenated alkanes) is 3. The molecule has 1 fully saturated rings. The molecule has 2 aromatic rings.